The minimum Gasteiger partial charge on any atom is -0.344 e. The third-order valence-electron chi connectivity index (χ3n) is 4.42. The number of amides is 2. The number of piperazine rings is 1. The highest BCUT2D eigenvalue weighted by molar-refractivity contribution is 5.78. The van der Waals surface area contributed by atoms with E-state index in [9.17, 15) is 9.59 Å². The molecule has 1 N–H and O–H groups in total. The smallest absolute Gasteiger partial charge is 0.234 e. The van der Waals surface area contributed by atoms with Crippen molar-refractivity contribution in [3.63, 3.8) is 0 Å². The lowest BCUT2D eigenvalue weighted by Crippen LogP contribution is -2.51. The summed E-state index contributed by atoms with van der Waals surface area (Å²) >= 11 is 0. The molecule has 1 aliphatic carbocycles. The number of hydrogen-bond acceptors (Lipinski definition) is 3. The first-order valence-electron chi connectivity index (χ1n) is 7.89. The van der Waals surface area contributed by atoms with E-state index in [0.717, 1.165) is 26.2 Å². The van der Waals surface area contributed by atoms with Crippen LogP contribution in [0.15, 0.2) is 0 Å². The van der Waals surface area contributed by atoms with Crippen molar-refractivity contribution in [2.24, 2.45) is 5.92 Å². The predicted octanol–water partition coefficient (Wildman–Crippen LogP) is 0.460. The molecule has 1 heterocycles. The van der Waals surface area contributed by atoms with Gasteiger partial charge in [0.25, 0.3) is 0 Å². The second-order valence-electron chi connectivity index (χ2n) is 5.99. The standard InChI is InChI=1S/C16H25N3O2/c1-2-7-17-15(20)13-18-8-10-19(11-9-18)16(21)12-14-5-3-4-6-14/h1,14H,3-13H2,(H,17,20). The van der Waals surface area contributed by atoms with E-state index in [-0.39, 0.29) is 12.5 Å². The lowest BCUT2D eigenvalue weighted by atomic mass is 10.0. The maximum atomic E-state index is 12.2. The van der Waals surface area contributed by atoms with Gasteiger partial charge in [-0.05, 0) is 18.8 Å². The van der Waals surface area contributed by atoms with Gasteiger partial charge in [-0.15, -0.1) is 6.42 Å². The van der Waals surface area contributed by atoms with E-state index in [1.165, 1.54) is 25.7 Å². The maximum absolute atomic E-state index is 12.2. The van der Waals surface area contributed by atoms with Gasteiger partial charge in [-0.25, -0.2) is 0 Å². The molecule has 0 atom stereocenters. The van der Waals surface area contributed by atoms with Crippen LogP contribution in [0.25, 0.3) is 0 Å². The molecule has 0 aromatic rings. The van der Waals surface area contributed by atoms with E-state index in [0.29, 0.717) is 24.8 Å². The Morgan fingerprint density at radius 1 is 1.14 bits per heavy atom. The summed E-state index contributed by atoms with van der Waals surface area (Å²) in [5.41, 5.74) is 0. The van der Waals surface area contributed by atoms with Gasteiger partial charge in [-0.3, -0.25) is 14.5 Å². The molecule has 2 aliphatic rings. The summed E-state index contributed by atoms with van der Waals surface area (Å²) in [5, 5.41) is 2.66. The van der Waals surface area contributed by atoms with Crippen molar-refractivity contribution in [1.29, 1.82) is 0 Å². The molecule has 1 saturated heterocycles. The Bertz CT molecular complexity index is 402. The van der Waals surface area contributed by atoms with Crippen molar-refractivity contribution in [3.05, 3.63) is 0 Å². The van der Waals surface area contributed by atoms with Crippen LogP contribution in [-0.2, 0) is 9.59 Å². The molecule has 1 aliphatic heterocycles. The first kappa shape index (κ1) is 15.8. The van der Waals surface area contributed by atoms with E-state index >= 15 is 0 Å². The molecule has 0 unspecified atom stereocenters. The molecule has 21 heavy (non-hydrogen) atoms. The number of rotatable bonds is 5. The lowest BCUT2D eigenvalue weighted by molar-refractivity contribution is -0.134. The molecule has 5 nitrogen and oxygen atoms in total. The molecule has 2 amide bonds. The van der Waals surface area contributed by atoms with Gasteiger partial charge in [0.1, 0.15) is 0 Å². The van der Waals surface area contributed by atoms with Crippen LogP contribution >= 0.6 is 0 Å². The fourth-order valence-corrected chi connectivity index (χ4v) is 3.15. The monoisotopic (exact) mass is 291 g/mol. The zero-order valence-electron chi connectivity index (χ0n) is 12.6. The molecule has 0 radical (unpaired) electrons. The topological polar surface area (TPSA) is 52.7 Å². The number of nitrogens with one attached hydrogen (secondary N) is 1. The number of terminal acetylenes is 1. The first-order chi connectivity index (χ1) is 10.2. The Balaban J connectivity index is 1.66. The molecule has 0 spiro atoms. The average molecular weight is 291 g/mol. The Morgan fingerprint density at radius 3 is 2.43 bits per heavy atom. The summed E-state index contributed by atoms with van der Waals surface area (Å²) in [4.78, 5) is 27.8. The molecule has 5 heteroatoms. The lowest BCUT2D eigenvalue weighted by Gasteiger charge is -2.34. The third-order valence-corrected chi connectivity index (χ3v) is 4.42. The average Bonchev–Trinajstić information content (AvgIpc) is 2.98. The van der Waals surface area contributed by atoms with E-state index in [1.807, 2.05) is 4.90 Å². The molecular weight excluding hydrogens is 266 g/mol. The van der Waals surface area contributed by atoms with E-state index < -0.39 is 0 Å². The second kappa shape index (κ2) is 8.04. The minimum atomic E-state index is -0.0429. The Kier molecular flexibility index (Phi) is 6.06. The number of carbonyl (C=O) groups is 2. The Morgan fingerprint density at radius 2 is 1.81 bits per heavy atom. The number of hydrogen-bond donors (Lipinski definition) is 1. The highest BCUT2D eigenvalue weighted by Crippen LogP contribution is 2.28. The zero-order valence-corrected chi connectivity index (χ0v) is 12.6. The molecular formula is C16H25N3O2. The number of nitrogens with zero attached hydrogens (tertiary/aromatic N) is 2. The zero-order chi connectivity index (χ0) is 15.1. The summed E-state index contributed by atoms with van der Waals surface area (Å²) in [5.74, 6) is 3.24. The van der Waals surface area contributed by atoms with Gasteiger partial charge < -0.3 is 10.2 Å². The third kappa shape index (κ3) is 5.05. The molecule has 2 fully saturated rings. The van der Waals surface area contributed by atoms with Gasteiger partial charge in [0.2, 0.25) is 11.8 Å². The quantitative estimate of drug-likeness (QED) is 0.749. The summed E-state index contributed by atoms with van der Waals surface area (Å²) < 4.78 is 0. The fraction of sp³-hybridized carbons (Fsp3) is 0.750. The van der Waals surface area contributed by atoms with Gasteiger partial charge in [-0.2, -0.15) is 0 Å². The van der Waals surface area contributed by atoms with Crippen LogP contribution in [0.4, 0.5) is 0 Å². The SMILES string of the molecule is C#CCNC(=O)CN1CCN(C(=O)CC2CCCC2)CC1. The predicted molar refractivity (Wildman–Crippen MR) is 81.4 cm³/mol. The Labute approximate surface area is 127 Å². The Hall–Kier alpha value is -1.54. The van der Waals surface area contributed by atoms with Crippen LogP contribution < -0.4 is 5.32 Å². The van der Waals surface area contributed by atoms with Crippen molar-refractivity contribution in [2.75, 3.05) is 39.3 Å². The van der Waals surface area contributed by atoms with Gasteiger partial charge in [-0.1, -0.05) is 18.8 Å². The van der Waals surface area contributed by atoms with Gasteiger partial charge in [0.05, 0.1) is 13.1 Å². The molecule has 0 bridgehead atoms. The van der Waals surface area contributed by atoms with Crippen LogP contribution in [0.5, 0.6) is 0 Å². The first-order valence-corrected chi connectivity index (χ1v) is 7.89. The summed E-state index contributed by atoms with van der Waals surface area (Å²) in [6.07, 6.45) is 10.8. The molecule has 0 aromatic heterocycles. The van der Waals surface area contributed by atoms with E-state index in [1.54, 1.807) is 0 Å². The number of carbonyl (C=O) groups excluding carboxylic acids is 2. The van der Waals surface area contributed by atoms with Gasteiger partial charge in [0.15, 0.2) is 0 Å². The molecule has 2 rings (SSSR count). The summed E-state index contributed by atoms with van der Waals surface area (Å²) in [6.45, 7) is 3.63. The molecule has 116 valence electrons. The largest absolute Gasteiger partial charge is 0.344 e. The van der Waals surface area contributed by atoms with Crippen LogP contribution in [0.1, 0.15) is 32.1 Å². The molecule has 1 saturated carbocycles. The van der Waals surface area contributed by atoms with Crippen LogP contribution in [0, 0.1) is 18.3 Å². The van der Waals surface area contributed by atoms with Gasteiger partial charge in [0, 0.05) is 32.6 Å². The fourth-order valence-electron chi connectivity index (χ4n) is 3.15. The normalized spacial score (nSPS) is 20.2. The van der Waals surface area contributed by atoms with Crippen molar-refractivity contribution >= 4 is 11.8 Å². The van der Waals surface area contributed by atoms with E-state index in [4.69, 9.17) is 6.42 Å². The highest BCUT2D eigenvalue weighted by atomic mass is 16.2. The highest BCUT2D eigenvalue weighted by Gasteiger charge is 2.25. The van der Waals surface area contributed by atoms with Crippen molar-refractivity contribution in [1.82, 2.24) is 15.1 Å². The van der Waals surface area contributed by atoms with Crippen LogP contribution in [-0.4, -0.2) is 60.9 Å². The van der Waals surface area contributed by atoms with E-state index in [2.05, 4.69) is 16.1 Å². The van der Waals surface area contributed by atoms with Crippen molar-refractivity contribution in [3.8, 4) is 12.3 Å². The van der Waals surface area contributed by atoms with Crippen molar-refractivity contribution in [2.45, 2.75) is 32.1 Å². The minimum absolute atomic E-state index is 0.0429. The van der Waals surface area contributed by atoms with Gasteiger partial charge >= 0.3 is 0 Å². The maximum Gasteiger partial charge on any atom is 0.234 e. The molecule has 0 aromatic carbocycles. The summed E-state index contributed by atoms with van der Waals surface area (Å²) in [7, 11) is 0. The summed E-state index contributed by atoms with van der Waals surface area (Å²) in [6, 6.07) is 0. The van der Waals surface area contributed by atoms with Crippen molar-refractivity contribution < 1.29 is 9.59 Å². The van der Waals surface area contributed by atoms with Crippen LogP contribution in [0.2, 0.25) is 0 Å². The van der Waals surface area contributed by atoms with Crippen LogP contribution in [0.3, 0.4) is 0 Å². The second-order valence-corrected chi connectivity index (χ2v) is 5.99.